The lowest BCUT2D eigenvalue weighted by Crippen LogP contribution is -2.49. The minimum Gasteiger partial charge on any atom is -0.481 e. The quantitative estimate of drug-likeness (QED) is 0.162. The third-order valence-corrected chi connectivity index (χ3v) is 10.7. The number of esters is 2. The summed E-state index contributed by atoms with van der Waals surface area (Å²) in [5.41, 5.74) is 0. The van der Waals surface area contributed by atoms with Gasteiger partial charge in [-0.3, -0.25) is 14.4 Å². The summed E-state index contributed by atoms with van der Waals surface area (Å²) in [5.74, 6) is -3.95. The van der Waals surface area contributed by atoms with Crippen molar-refractivity contribution in [2.75, 3.05) is 33.0 Å². The molecule has 0 spiro atoms. The van der Waals surface area contributed by atoms with E-state index in [0.717, 1.165) is 0 Å². The molecular weight excluding hydrogens is 456 g/mol. The summed E-state index contributed by atoms with van der Waals surface area (Å²) in [6.45, 7) is 12.9. The monoisotopic (exact) mass is 496 g/mol. The second-order valence-electron chi connectivity index (χ2n) is 7.13. The van der Waals surface area contributed by atoms with Crippen molar-refractivity contribution in [2.45, 2.75) is 72.5 Å². The Bertz CT molecular complexity index is 550. The molecule has 0 rings (SSSR count). The molecule has 10 nitrogen and oxygen atoms in total. The zero-order valence-electron chi connectivity index (χ0n) is 20.3. The van der Waals surface area contributed by atoms with E-state index in [1.54, 1.807) is 20.8 Å². The third-order valence-electron chi connectivity index (χ3n) is 4.47. The SMILES string of the molecule is CCO[Si](C)(CCCC(=O)OC(=O)C(CC(=O)O)C[Si](OCC)(OCC)OCC)OCC. The van der Waals surface area contributed by atoms with E-state index >= 15 is 0 Å². The summed E-state index contributed by atoms with van der Waals surface area (Å²) in [6, 6.07) is 0.492. The van der Waals surface area contributed by atoms with Crippen LogP contribution in [0.15, 0.2) is 0 Å². The average Bonchev–Trinajstić information content (AvgIpc) is 2.68. The number of carboxylic acids is 1. The second kappa shape index (κ2) is 16.5. The molecule has 0 aromatic rings. The van der Waals surface area contributed by atoms with Gasteiger partial charge in [-0.25, -0.2) is 0 Å². The van der Waals surface area contributed by atoms with Crippen LogP contribution in [-0.2, 0) is 41.3 Å². The molecule has 0 aliphatic heterocycles. The van der Waals surface area contributed by atoms with Gasteiger partial charge in [-0.05, 0) is 53.6 Å². The Balaban J connectivity index is 5.12. The summed E-state index contributed by atoms with van der Waals surface area (Å²) < 4.78 is 33.6. The first-order valence-electron chi connectivity index (χ1n) is 11.3. The lowest BCUT2D eigenvalue weighted by atomic mass is 10.1. The maximum atomic E-state index is 12.7. The van der Waals surface area contributed by atoms with E-state index in [0.29, 0.717) is 25.7 Å². The van der Waals surface area contributed by atoms with Crippen LogP contribution in [0, 0.1) is 5.92 Å². The van der Waals surface area contributed by atoms with Crippen molar-refractivity contribution in [3.8, 4) is 0 Å². The topological polar surface area (TPSA) is 127 Å². The van der Waals surface area contributed by atoms with Crippen LogP contribution >= 0.6 is 0 Å². The highest BCUT2D eigenvalue weighted by molar-refractivity contribution is 6.66. The van der Waals surface area contributed by atoms with Gasteiger partial charge in [0.25, 0.3) is 0 Å². The van der Waals surface area contributed by atoms with Crippen LogP contribution in [0.2, 0.25) is 18.6 Å². The summed E-state index contributed by atoms with van der Waals surface area (Å²) in [4.78, 5) is 36.2. The molecule has 12 heteroatoms. The Morgan fingerprint density at radius 1 is 0.812 bits per heavy atom. The highest BCUT2D eigenvalue weighted by Gasteiger charge is 2.46. The molecule has 0 saturated heterocycles. The number of aliphatic carboxylic acids is 1. The minimum absolute atomic E-state index is 0.000772. The molecule has 1 N–H and O–H groups in total. The van der Waals surface area contributed by atoms with Crippen LogP contribution in [0.3, 0.4) is 0 Å². The lowest BCUT2D eigenvalue weighted by Gasteiger charge is -2.30. The van der Waals surface area contributed by atoms with Gasteiger partial charge in [0, 0.05) is 45.5 Å². The van der Waals surface area contributed by atoms with Gasteiger partial charge in [0.05, 0.1) is 12.3 Å². The molecule has 0 fully saturated rings. The number of carbonyl (C=O) groups excluding carboxylic acids is 2. The molecule has 32 heavy (non-hydrogen) atoms. The van der Waals surface area contributed by atoms with Gasteiger partial charge in [-0.15, -0.1) is 0 Å². The van der Waals surface area contributed by atoms with Gasteiger partial charge in [0.2, 0.25) is 0 Å². The Morgan fingerprint density at radius 3 is 1.69 bits per heavy atom. The molecule has 0 amide bonds. The average molecular weight is 497 g/mol. The Labute approximate surface area is 193 Å². The Hall–Kier alpha value is -1.16. The summed E-state index contributed by atoms with van der Waals surface area (Å²) in [6.07, 6.45) is -0.0824. The molecule has 0 bridgehead atoms. The zero-order chi connectivity index (χ0) is 24.6. The predicted octanol–water partition coefficient (Wildman–Crippen LogP) is 3.12. The number of carboxylic acid groups (broad SMARTS) is 1. The second-order valence-corrected chi connectivity index (χ2v) is 13.1. The van der Waals surface area contributed by atoms with E-state index in [2.05, 4.69) is 0 Å². The molecule has 1 atom stereocenters. The first-order valence-corrected chi connectivity index (χ1v) is 15.7. The fourth-order valence-corrected chi connectivity index (χ4v) is 8.56. The Kier molecular flexibility index (Phi) is 15.9. The number of hydrogen-bond donors (Lipinski definition) is 1. The molecule has 0 saturated carbocycles. The molecule has 0 aromatic carbocycles. The fourth-order valence-electron chi connectivity index (χ4n) is 3.31. The molecule has 0 radical (unpaired) electrons. The molecule has 0 aliphatic rings. The van der Waals surface area contributed by atoms with Gasteiger partial charge < -0.3 is 32.0 Å². The summed E-state index contributed by atoms with van der Waals surface area (Å²) >= 11 is 0. The first kappa shape index (κ1) is 30.8. The van der Waals surface area contributed by atoms with Crippen LogP contribution < -0.4 is 0 Å². The summed E-state index contributed by atoms with van der Waals surface area (Å²) in [7, 11) is -5.68. The number of hydrogen-bond acceptors (Lipinski definition) is 9. The largest absolute Gasteiger partial charge is 0.501 e. The van der Waals surface area contributed by atoms with Crippen molar-refractivity contribution < 1.29 is 46.4 Å². The van der Waals surface area contributed by atoms with E-state index in [9.17, 15) is 19.5 Å². The van der Waals surface area contributed by atoms with Crippen LogP contribution in [0.25, 0.3) is 0 Å². The highest BCUT2D eigenvalue weighted by Crippen LogP contribution is 2.26. The van der Waals surface area contributed by atoms with Crippen LogP contribution in [-0.4, -0.2) is 73.4 Å². The van der Waals surface area contributed by atoms with Gasteiger partial charge in [0.1, 0.15) is 0 Å². The van der Waals surface area contributed by atoms with Crippen molar-refractivity contribution in [3.05, 3.63) is 0 Å². The van der Waals surface area contributed by atoms with Gasteiger partial charge in [0.15, 0.2) is 0 Å². The smallest absolute Gasteiger partial charge is 0.481 e. The number of ether oxygens (including phenoxy) is 1. The van der Waals surface area contributed by atoms with Gasteiger partial charge >= 0.3 is 35.3 Å². The van der Waals surface area contributed by atoms with Crippen molar-refractivity contribution in [2.24, 2.45) is 5.92 Å². The third kappa shape index (κ3) is 12.2. The normalized spacial score (nSPS) is 13.1. The standard InChI is InChI=1S/C20H40O10Si2/c1-7-25-31(6,26-8-2)14-12-13-19(23)30-20(24)17(15-18(21)22)16-32(27-9-3,28-10-4)29-11-5/h17H,7-16H2,1-6H3,(H,21,22). The molecular formula is C20H40O10Si2. The Morgan fingerprint density at radius 2 is 1.28 bits per heavy atom. The predicted molar refractivity (Wildman–Crippen MR) is 121 cm³/mol. The van der Waals surface area contributed by atoms with Crippen molar-refractivity contribution in [1.29, 1.82) is 0 Å². The molecule has 1 unspecified atom stereocenters. The van der Waals surface area contributed by atoms with E-state index in [1.165, 1.54) is 0 Å². The van der Waals surface area contributed by atoms with Crippen molar-refractivity contribution in [3.63, 3.8) is 0 Å². The fraction of sp³-hybridized carbons (Fsp3) is 0.850. The maximum Gasteiger partial charge on any atom is 0.501 e. The highest BCUT2D eigenvalue weighted by atomic mass is 28.4. The van der Waals surface area contributed by atoms with E-state index in [4.69, 9.17) is 26.9 Å². The lowest BCUT2D eigenvalue weighted by molar-refractivity contribution is -0.164. The first-order chi connectivity index (χ1) is 15.1. The number of rotatable bonds is 19. The molecule has 0 aromatic heterocycles. The zero-order valence-corrected chi connectivity index (χ0v) is 22.3. The van der Waals surface area contributed by atoms with Crippen molar-refractivity contribution >= 4 is 35.3 Å². The maximum absolute atomic E-state index is 12.7. The molecule has 0 aliphatic carbocycles. The molecule has 188 valence electrons. The van der Waals surface area contributed by atoms with E-state index < -0.39 is 47.6 Å². The van der Waals surface area contributed by atoms with Crippen LogP contribution in [0.4, 0.5) is 0 Å². The summed E-state index contributed by atoms with van der Waals surface area (Å²) in [5, 5.41) is 9.26. The van der Waals surface area contributed by atoms with E-state index in [1.807, 2.05) is 20.4 Å². The van der Waals surface area contributed by atoms with Crippen LogP contribution in [0.1, 0.15) is 53.9 Å². The van der Waals surface area contributed by atoms with Crippen molar-refractivity contribution in [1.82, 2.24) is 0 Å². The molecule has 0 heterocycles. The van der Waals surface area contributed by atoms with E-state index in [-0.39, 0.29) is 32.3 Å². The number of carbonyl (C=O) groups is 3. The van der Waals surface area contributed by atoms with Gasteiger partial charge in [-0.1, -0.05) is 0 Å². The van der Waals surface area contributed by atoms with Crippen LogP contribution in [0.5, 0.6) is 0 Å². The van der Waals surface area contributed by atoms with Gasteiger partial charge in [-0.2, -0.15) is 0 Å². The minimum atomic E-state index is -3.31.